The van der Waals surface area contributed by atoms with E-state index in [4.69, 9.17) is 4.74 Å². The number of hydrogen-bond acceptors (Lipinski definition) is 5. The monoisotopic (exact) mass is 384 g/mol. The maximum absolute atomic E-state index is 12.8. The van der Waals surface area contributed by atoms with Gasteiger partial charge in [0.1, 0.15) is 17.6 Å². The second-order valence-electron chi connectivity index (χ2n) is 5.89. The lowest BCUT2D eigenvalue weighted by Gasteiger charge is -2.21. The number of thiophene rings is 1. The molecule has 0 aliphatic heterocycles. The van der Waals surface area contributed by atoms with Crippen LogP contribution >= 0.6 is 11.3 Å². The summed E-state index contributed by atoms with van der Waals surface area (Å²) < 4.78 is 7.32. The topological polar surface area (TPSA) is 85.2 Å². The Kier molecular flexibility index (Phi) is 5.56. The molecule has 0 saturated carbocycles. The van der Waals surface area contributed by atoms with E-state index in [1.807, 2.05) is 42.1 Å². The van der Waals surface area contributed by atoms with Crippen molar-refractivity contribution in [2.45, 2.75) is 13.0 Å². The number of aryl methyl sites for hydroxylation is 1. The van der Waals surface area contributed by atoms with Gasteiger partial charge in [0, 0.05) is 31.9 Å². The Labute approximate surface area is 161 Å². The standard InChI is InChI=1S/C19H20N4O3S/c1-12(24)21-16-9-8-15(27-16)19(25)22-17(18-20-10-11-23(18)2)13-6-4-5-7-14(13)26-3/h4-11,17H,1-3H3,(H,21,24)(H,22,25)/t17-/m0/s1. The normalized spacial score (nSPS) is 11.7. The first kappa shape index (κ1) is 18.7. The summed E-state index contributed by atoms with van der Waals surface area (Å²) in [5.74, 6) is 0.918. The van der Waals surface area contributed by atoms with E-state index in [2.05, 4.69) is 15.6 Å². The zero-order valence-electron chi connectivity index (χ0n) is 15.2. The van der Waals surface area contributed by atoms with Crippen molar-refractivity contribution in [1.82, 2.24) is 14.9 Å². The summed E-state index contributed by atoms with van der Waals surface area (Å²) in [6, 6.07) is 10.4. The van der Waals surface area contributed by atoms with Gasteiger partial charge in [-0.05, 0) is 18.2 Å². The van der Waals surface area contributed by atoms with Crippen LogP contribution in [0.3, 0.4) is 0 Å². The summed E-state index contributed by atoms with van der Waals surface area (Å²) in [6.45, 7) is 1.43. The first-order valence-corrected chi connectivity index (χ1v) is 9.09. The number of benzene rings is 1. The lowest BCUT2D eigenvalue weighted by atomic mass is 10.0. The Balaban J connectivity index is 1.92. The van der Waals surface area contributed by atoms with Crippen molar-refractivity contribution in [1.29, 1.82) is 0 Å². The zero-order valence-corrected chi connectivity index (χ0v) is 16.0. The lowest BCUT2D eigenvalue weighted by molar-refractivity contribution is -0.114. The van der Waals surface area contributed by atoms with Gasteiger partial charge in [-0.2, -0.15) is 0 Å². The van der Waals surface area contributed by atoms with Crippen LogP contribution in [0.1, 0.15) is 34.0 Å². The minimum Gasteiger partial charge on any atom is -0.496 e. The fraction of sp³-hybridized carbons (Fsp3) is 0.211. The molecule has 0 fully saturated rings. The SMILES string of the molecule is COc1ccccc1[C@H](NC(=O)c1ccc(NC(C)=O)s1)c1nccn1C. The molecule has 1 aromatic carbocycles. The number of methoxy groups -OCH3 is 1. The molecule has 3 aromatic rings. The van der Waals surface area contributed by atoms with E-state index in [-0.39, 0.29) is 11.8 Å². The second-order valence-corrected chi connectivity index (χ2v) is 6.97. The number of nitrogens with one attached hydrogen (secondary N) is 2. The van der Waals surface area contributed by atoms with Gasteiger partial charge in [0.25, 0.3) is 5.91 Å². The van der Waals surface area contributed by atoms with Crippen LogP contribution in [0.5, 0.6) is 5.75 Å². The molecule has 3 rings (SSSR count). The zero-order chi connectivity index (χ0) is 19.4. The number of aromatic nitrogens is 2. The molecule has 140 valence electrons. The molecule has 0 saturated heterocycles. The van der Waals surface area contributed by atoms with E-state index in [1.165, 1.54) is 18.3 Å². The van der Waals surface area contributed by atoms with E-state index in [1.54, 1.807) is 25.4 Å². The number of hydrogen-bond donors (Lipinski definition) is 2. The van der Waals surface area contributed by atoms with Crippen LogP contribution in [0, 0.1) is 0 Å². The van der Waals surface area contributed by atoms with Gasteiger partial charge >= 0.3 is 0 Å². The fourth-order valence-corrected chi connectivity index (χ4v) is 3.60. The molecule has 8 heteroatoms. The van der Waals surface area contributed by atoms with Crippen molar-refractivity contribution < 1.29 is 14.3 Å². The Hall–Kier alpha value is -3.13. The van der Waals surface area contributed by atoms with E-state index < -0.39 is 6.04 Å². The van der Waals surface area contributed by atoms with Crippen LogP contribution < -0.4 is 15.4 Å². The van der Waals surface area contributed by atoms with Gasteiger partial charge in [-0.15, -0.1) is 11.3 Å². The molecule has 27 heavy (non-hydrogen) atoms. The molecule has 2 heterocycles. The highest BCUT2D eigenvalue weighted by atomic mass is 32.1. The Morgan fingerprint density at radius 2 is 2.00 bits per heavy atom. The van der Waals surface area contributed by atoms with E-state index >= 15 is 0 Å². The first-order chi connectivity index (χ1) is 13.0. The summed E-state index contributed by atoms with van der Waals surface area (Å²) in [5, 5.41) is 6.34. The highest BCUT2D eigenvalue weighted by Gasteiger charge is 2.25. The van der Waals surface area contributed by atoms with E-state index in [0.29, 0.717) is 21.5 Å². The first-order valence-electron chi connectivity index (χ1n) is 8.28. The Morgan fingerprint density at radius 3 is 2.67 bits per heavy atom. The maximum atomic E-state index is 12.8. The minimum absolute atomic E-state index is 0.177. The molecule has 0 unspecified atom stereocenters. The van der Waals surface area contributed by atoms with Gasteiger partial charge in [0.05, 0.1) is 17.0 Å². The molecule has 0 aliphatic carbocycles. The number of imidazole rings is 1. The maximum Gasteiger partial charge on any atom is 0.262 e. The summed E-state index contributed by atoms with van der Waals surface area (Å²) in [7, 11) is 3.46. The number of amides is 2. The largest absolute Gasteiger partial charge is 0.496 e. The van der Waals surface area contributed by atoms with Crippen LogP contribution in [0.15, 0.2) is 48.8 Å². The molecule has 0 aliphatic rings. The van der Waals surface area contributed by atoms with Gasteiger partial charge < -0.3 is 19.9 Å². The molecule has 1 atom stereocenters. The third kappa shape index (κ3) is 4.17. The molecular formula is C19H20N4O3S. The molecular weight excluding hydrogens is 364 g/mol. The third-order valence-electron chi connectivity index (χ3n) is 3.97. The van der Waals surface area contributed by atoms with Gasteiger partial charge in [0.15, 0.2) is 0 Å². The second kappa shape index (κ2) is 8.05. The van der Waals surface area contributed by atoms with Crippen LogP contribution in [0.25, 0.3) is 0 Å². The number of anilines is 1. The third-order valence-corrected chi connectivity index (χ3v) is 4.97. The van der Waals surface area contributed by atoms with Crippen molar-refractivity contribution in [3.63, 3.8) is 0 Å². The van der Waals surface area contributed by atoms with Crippen molar-refractivity contribution in [3.8, 4) is 5.75 Å². The van der Waals surface area contributed by atoms with Gasteiger partial charge in [-0.3, -0.25) is 9.59 Å². The number of nitrogens with zero attached hydrogens (tertiary/aromatic N) is 2. The molecule has 0 bridgehead atoms. The highest BCUT2D eigenvalue weighted by Crippen LogP contribution is 2.30. The predicted molar refractivity (Wildman–Crippen MR) is 104 cm³/mol. The quantitative estimate of drug-likeness (QED) is 0.684. The minimum atomic E-state index is -0.486. The molecule has 7 nitrogen and oxygen atoms in total. The predicted octanol–water partition coefficient (Wildman–Crippen LogP) is 2.97. The summed E-state index contributed by atoms with van der Waals surface area (Å²) in [5.41, 5.74) is 0.807. The Bertz CT molecular complexity index is 963. The van der Waals surface area contributed by atoms with Crippen molar-refractivity contribution >= 4 is 28.2 Å². The van der Waals surface area contributed by atoms with Gasteiger partial charge in [0.2, 0.25) is 5.91 Å². The summed E-state index contributed by atoms with van der Waals surface area (Å²) in [6.07, 6.45) is 3.51. The number of carbonyl (C=O) groups is 2. The summed E-state index contributed by atoms with van der Waals surface area (Å²) in [4.78, 5) is 28.9. The average molecular weight is 384 g/mol. The number of para-hydroxylation sites is 1. The lowest BCUT2D eigenvalue weighted by Crippen LogP contribution is -2.30. The van der Waals surface area contributed by atoms with E-state index in [0.717, 1.165) is 5.56 Å². The van der Waals surface area contributed by atoms with Crippen molar-refractivity contribution in [3.05, 3.63) is 65.1 Å². The fourth-order valence-electron chi connectivity index (χ4n) is 2.74. The number of carbonyl (C=O) groups excluding carboxylic acids is 2. The molecule has 0 radical (unpaired) electrons. The molecule has 0 spiro atoms. The Morgan fingerprint density at radius 1 is 1.22 bits per heavy atom. The van der Waals surface area contributed by atoms with Gasteiger partial charge in [-0.1, -0.05) is 18.2 Å². The highest BCUT2D eigenvalue weighted by molar-refractivity contribution is 7.18. The van der Waals surface area contributed by atoms with Crippen LogP contribution in [0.2, 0.25) is 0 Å². The van der Waals surface area contributed by atoms with Crippen LogP contribution in [-0.2, 0) is 11.8 Å². The van der Waals surface area contributed by atoms with Crippen molar-refractivity contribution in [2.75, 3.05) is 12.4 Å². The molecule has 2 aromatic heterocycles. The van der Waals surface area contributed by atoms with Crippen LogP contribution in [-0.4, -0.2) is 28.5 Å². The van der Waals surface area contributed by atoms with Crippen LogP contribution in [0.4, 0.5) is 5.00 Å². The molecule has 2 N–H and O–H groups in total. The number of ether oxygens (including phenoxy) is 1. The smallest absolute Gasteiger partial charge is 0.262 e. The summed E-state index contributed by atoms with van der Waals surface area (Å²) >= 11 is 1.22. The van der Waals surface area contributed by atoms with Crippen molar-refractivity contribution in [2.24, 2.45) is 7.05 Å². The van der Waals surface area contributed by atoms with Gasteiger partial charge in [-0.25, -0.2) is 4.98 Å². The molecule has 2 amide bonds. The van der Waals surface area contributed by atoms with E-state index in [9.17, 15) is 9.59 Å². The number of rotatable bonds is 6. The average Bonchev–Trinajstić information content (AvgIpc) is 3.28.